The van der Waals surface area contributed by atoms with Gasteiger partial charge in [0.2, 0.25) is 0 Å². The van der Waals surface area contributed by atoms with Gasteiger partial charge in [-0.1, -0.05) is 13.8 Å². The number of rotatable bonds is 3. The van der Waals surface area contributed by atoms with Crippen LogP contribution in [-0.2, 0) is 0 Å². The highest BCUT2D eigenvalue weighted by molar-refractivity contribution is 6.03. The van der Waals surface area contributed by atoms with Crippen molar-refractivity contribution in [3.63, 3.8) is 0 Å². The molecule has 96 valence electrons. The van der Waals surface area contributed by atoms with Gasteiger partial charge in [-0.2, -0.15) is 0 Å². The highest BCUT2D eigenvalue weighted by Gasteiger charge is 2.17. The molecular formula is C14H17NO3. The predicted molar refractivity (Wildman–Crippen MR) is 70.0 cm³/mol. The molecule has 1 aromatic heterocycles. The number of carboxylic acid groups (broad SMARTS) is 1. The van der Waals surface area contributed by atoms with Gasteiger partial charge in [-0.05, 0) is 30.5 Å². The van der Waals surface area contributed by atoms with Crippen molar-refractivity contribution < 1.29 is 15.0 Å². The molecule has 1 atom stereocenters. The maximum absolute atomic E-state index is 11.3. The summed E-state index contributed by atoms with van der Waals surface area (Å²) < 4.78 is 0. The average Bonchev–Trinajstić information content (AvgIpc) is 2.70. The lowest BCUT2D eigenvalue weighted by molar-refractivity contribution is 0.0698. The third-order valence-corrected chi connectivity index (χ3v) is 3.19. The standard InChI is InChI=1S/C14H17NO3/c1-7(2)9-4-10-12(8(3)16)6-15-13(10)11(5-9)14(17)18/h4-8,15-16H,1-3H3,(H,17,18). The quantitative estimate of drug-likeness (QED) is 0.780. The maximum atomic E-state index is 11.3. The summed E-state index contributed by atoms with van der Waals surface area (Å²) in [6.45, 7) is 5.70. The van der Waals surface area contributed by atoms with E-state index in [1.165, 1.54) is 0 Å². The van der Waals surface area contributed by atoms with Gasteiger partial charge in [0.05, 0.1) is 17.2 Å². The van der Waals surface area contributed by atoms with Gasteiger partial charge in [-0.25, -0.2) is 4.79 Å². The predicted octanol–water partition coefficient (Wildman–Crippen LogP) is 3.04. The highest BCUT2D eigenvalue weighted by Crippen LogP contribution is 2.30. The second-order valence-electron chi connectivity index (χ2n) is 4.87. The third-order valence-electron chi connectivity index (χ3n) is 3.19. The summed E-state index contributed by atoms with van der Waals surface area (Å²) in [6.07, 6.45) is 1.05. The Hall–Kier alpha value is -1.81. The maximum Gasteiger partial charge on any atom is 0.337 e. The van der Waals surface area contributed by atoms with E-state index in [-0.39, 0.29) is 11.5 Å². The van der Waals surface area contributed by atoms with E-state index in [4.69, 9.17) is 0 Å². The summed E-state index contributed by atoms with van der Waals surface area (Å²) in [5.74, 6) is -0.717. The monoisotopic (exact) mass is 247 g/mol. The number of aliphatic hydroxyl groups excluding tert-OH is 1. The normalized spacial score (nSPS) is 13.2. The minimum atomic E-state index is -0.957. The van der Waals surface area contributed by atoms with E-state index in [0.29, 0.717) is 5.52 Å². The summed E-state index contributed by atoms with van der Waals surface area (Å²) in [4.78, 5) is 14.2. The molecule has 18 heavy (non-hydrogen) atoms. The lowest BCUT2D eigenvalue weighted by Crippen LogP contribution is -2.01. The van der Waals surface area contributed by atoms with Gasteiger partial charge in [0, 0.05) is 17.1 Å². The fourth-order valence-corrected chi connectivity index (χ4v) is 2.12. The first kappa shape index (κ1) is 12.6. The first-order valence-corrected chi connectivity index (χ1v) is 5.98. The fraction of sp³-hybridized carbons (Fsp3) is 0.357. The van der Waals surface area contributed by atoms with Gasteiger partial charge in [-0.15, -0.1) is 0 Å². The number of benzene rings is 1. The highest BCUT2D eigenvalue weighted by atomic mass is 16.4. The number of carboxylic acids is 1. The summed E-state index contributed by atoms with van der Waals surface area (Å²) in [5.41, 5.74) is 2.52. The number of hydrogen-bond donors (Lipinski definition) is 3. The summed E-state index contributed by atoms with van der Waals surface area (Å²) in [5, 5.41) is 19.7. The number of aliphatic hydroxyl groups is 1. The molecule has 1 unspecified atom stereocenters. The van der Waals surface area contributed by atoms with Crippen LogP contribution in [0.15, 0.2) is 18.3 Å². The van der Waals surface area contributed by atoms with Crippen LogP contribution in [-0.4, -0.2) is 21.2 Å². The van der Waals surface area contributed by atoms with Gasteiger partial charge in [0.1, 0.15) is 0 Å². The van der Waals surface area contributed by atoms with Crippen LogP contribution in [0.4, 0.5) is 0 Å². The van der Waals surface area contributed by atoms with Crippen LogP contribution in [0.3, 0.4) is 0 Å². The van der Waals surface area contributed by atoms with E-state index in [0.717, 1.165) is 16.5 Å². The van der Waals surface area contributed by atoms with Crippen LogP contribution in [0.5, 0.6) is 0 Å². The molecule has 0 amide bonds. The summed E-state index contributed by atoms with van der Waals surface area (Å²) in [7, 11) is 0. The van der Waals surface area contributed by atoms with Crippen molar-refractivity contribution in [2.45, 2.75) is 32.8 Å². The van der Waals surface area contributed by atoms with E-state index < -0.39 is 12.1 Å². The molecule has 4 heteroatoms. The van der Waals surface area contributed by atoms with Crippen LogP contribution in [0.2, 0.25) is 0 Å². The Balaban J connectivity index is 2.79. The number of aromatic amines is 1. The van der Waals surface area contributed by atoms with Crippen molar-refractivity contribution in [3.05, 3.63) is 35.0 Å². The third kappa shape index (κ3) is 1.99. The van der Waals surface area contributed by atoms with Crippen LogP contribution < -0.4 is 0 Å². The molecule has 4 nitrogen and oxygen atoms in total. The molecule has 0 fully saturated rings. The molecule has 0 bridgehead atoms. The molecule has 2 rings (SSSR count). The molecule has 0 saturated carbocycles. The molecule has 1 heterocycles. The second-order valence-corrected chi connectivity index (χ2v) is 4.87. The Morgan fingerprint density at radius 2 is 1.94 bits per heavy atom. The Morgan fingerprint density at radius 3 is 2.44 bits per heavy atom. The van der Waals surface area contributed by atoms with Crippen molar-refractivity contribution >= 4 is 16.9 Å². The van der Waals surface area contributed by atoms with Crippen LogP contribution >= 0.6 is 0 Å². The van der Waals surface area contributed by atoms with Crippen molar-refractivity contribution in [2.24, 2.45) is 0 Å². The second kappa shape index (κ2) is 4.46. The lowest BCUT2D eigenvalue weighted by atomic mass is 9.96. The number of fused-ring (bicyclic) bond motifs is 1. The molecule has 2 aromatic rings. The minimum Gasteiger partial charge on any atom is -0.478 e. The zero-order valence-electron chi connectivity index (χ0n) is 10.7. The van der Waals surface area contributed by atoms with Crippen LogP contribution in [0.1, 0.15) is 54.3 Å². The number of aromatic nitrogens is 1. The van der Waals surface area contributed by atoms with E-state index >= 15 is 0 Å². The Morgan fingerprint density at radius 1 is 1.28 bits per heavy atom. The first-order chi connectivity index (χ1) is 8.41. The van der Waals surface area contributed by atoms with Crippen molar-refractivity contribution in [2.75, 3.05) is 0 Å². The molecule has 0 spiro atoms. The Bertz CT molecular complexity index is 596. The molecule has 0 radical (unpaired) electrons. The van der Waals surface area contributed by atoms with E-state index in [2.05, 4.69) is 4.98 Å². The first-order valence-electron chi connectivity index (χ1n) is 5.98. The molecule has 0 aliphatic carbocycles. The Labute approximate surface area is 105 Å². The topological polar surface area (TPSA) is 73.3 Å². The molecule has 1 aromatic carbocycles. The number of hydrogen-bond acceptors (Lipinski definition) is 2. The average molecular weight is 247 g/mol. The number of carbonyl (C=O) groups is 1. The molecular weight excluding hydrogens is 230 g/mol. The largest absolute Gasteiger partial charge is 0.478 e. The van der Waals surface area contributed by atoms with Gasteiger partial charge in [0.15, 0.2) is 0 Å². The van der Waals surface area contributed by atoms with Crippen LogP contribution in [0, 0.1) is 0 Å². The molecule has 3 N–H and O–H groups in total. The van der Waals surface area contributed by atoms with Crippen molar-refractivity contribution in [3.8, 4) is 0 Å². The van der Waals surface area contributed by atoms with Gasteiger partial charge < -0.3 is 15.2 Å². The van der Waals surface area contributed by atoms with Crippen molar-refractivity contribution in [1.82, 2.24) is 4.98 Å². The fourth-order valence-electron chi connectivity index (χ4n) is 2.12. The molecule has 0 saturated heterocycles. The van der Waals surface area contributed by atoms with E-state index in [1.54, 1.807) is 19.2 Å². The SMILES string of the molecule is CC(C)c1cc(C(=O)O)c2[nH]cc(C(C)O)c2c1. The van der Waals surface area contributed by atoms with Gasteiger partial charge in [-0.3, -0.25) is 0 Å². The zero-order chi connectivity index (χ0) is 13.4. The minimum absolute atomic E-state index is 0.240. The van der Waals surface area contributed by atoms with Crippen LogP contribution in [0.25, 0.3) is 10.9 Å². The molecule has 0 aliphatic heterocycles. The summed E-state index contributed by atoms with van der Waals surface area (Å²) >= 11 is 0. The molecule has 0 aliphatic rings. The van der Waals surface area contributed by atoms with E-state index in [9.17, 15) is 15.0 Å². The van der Waals surface area contributed by atoms with Crippen molar-refractivity contribution in [1.29, 1.82) is 0 Å². The number of nitrogens with one attached hydrogen (secondary N) is 1. The smallest absolute Gasteiger partial charge is 0.337 e. The number of H-pyrrole nitrogens is 1. The lowest BCUT2D eigenvalue weighted by Gasteiger charge is -2.09. The number of aromatic carboxylic acids is 1. The van der Waals surface area contributed by atoms with Gasteiger partial charge >= 0.3 is 5.97 Å². The Kier molecular flexibility index (Phi) is 3.13. The zero-order valence-corrected chi connectivity index (χ0v) is 10.7. The summed E-state index contributed by atoms with van der Waals surface area (Å²) in [6, 6.07) is 3.64. The van der Waals surface area contributed by atoms with Gasteiger partial charge in [0.25, 0.3) is 0 Å². The van der Waals surface area contributed by atoms with E-state index in [1.807, 2.05) is 19.9 Å².